The number of pyridine rings is 1. The zero-order chi connectivity index (χ0) is 23.9. The first kappa shape index (κ1) is 23.7. The van der Waals surface area contributed by atoms with Crippen LogP contribution in [0.5, 0.6) is 5.75 Å². The Hall–Kier alpha value is -3.45. The van der Waals surface area contributed by atoms with Crippen molar-refractivity contribution in [3.05, 3.63) is 71.4 Å². The summed E-state index contributed by atoms with van der Waals surface area (Å²) in [5.74, 6) is -0.215. The number of carbonyl (C=O) groups is 2. The Balaban J connectivity index is 1.35. The molecule has 0 bridgehead atoms. The number of hydroxylamine groups is 1. The van der Waals surface area contributed by atoms with E-state index in [1.807, 2.05) is 25.1 Å². The highest BCUT2D eigenvalue weighted by Gasteiger charge is 2.31. The molecule has 7 heteroatoms. The van der Waals surface area contributed by atoms with Crippen LogP contribution in [0.25, 0.3) is 10.9 Å². The van der Waals surface area contributed by atoms with Gasteiger partial charge in [-0.15, -0.1) is 0 Å². The summed E-state index contributed by atoms with van der Waals surface area (Å²) < 4.78 is 5.92. The fourth-order valence-corrected chi connectivity index (χ4v) is 4.74. The Bertz CT molecular complexity index is 1140. The number of benzene rings is 2. The van der Waals surface area contributed by atoms with Gasteiger partial charge < -0.3 is 10.1 Å². The van der Waals surface area contributed by atoms with E-state index in [0.717, 1.165) is 55.1 Å². The van der Waals surface area contributed by atoms with Crippen LogP contribution in [0.3, 0.4) is 0 Å². The molecule has 0 spiro atoms. The van der Waals surface area contributed by atoms with Crippen molar-refractivity contribution in [3.8, 4) is 5.75 Å². The van der Waals surface area contributed by atoms with Crippen molar-refractivity contribution in [2.24, 2.45) is 5.92 Å². The lowest BCUT2D eigenvalue weighted by Crippen LogP contribution is -2.50. The Labute approximate surface area is 199 Å². The zero-order valence-electron chi connectivity index (χ0n) is 19.4. The van der Waals surface area contributed by atoms with Crippen LogP contribution in [-0.2, 0) is 11.2 Å². The summed E-state index contributed by atoms with van der Waals surface area (Å²) in [6.07, 6.45) is 5.64. The molecule has 1 aliphatic rings. The van der Waals surface area contributed by atoms with Crippen LogP contribution in [0, 0.1) is 12.8 Å². The number of hydrogen-bond donors (Lipinski definition) is 3. The van der Waals surface area contributed by atoms with Gasteiger partial charge in [-0.1, -0.05) is 37.5 Å². The molecule has 1 aromatic heterocycles. The summed E-state index contributed by atoms with van der Waals surface area (Å²) in [6, 6.07) is 16.3. The van der Waals surface area contributed by atoms with Gasteiger partial charge in [-0.2, -0.15) is 0 Å². The second-order valence-corrected chi connectivity index (χ2v) is 8.89. The summed E-state index contributed by atoms with van der Waals surface area (Å²) in [5, 5.41) is 13.1. The molecule has 1 heterocycles. The van der Waals surface area contributed by atoms with Gasteiger partial charge in [0.05, 0.1) is 12.1 Å². The third kappa shape index (κ3) is 5.72. The van der Waals surface area contributed by atoms with Gasteiger partial charge in [0.15, 0.2) is 0 Å². The number of nitrogens with zero attached hydrogens (tertiary/aromatic N) is 1. The fraction of sp³-hybridized carbons (Fsp3) is 0.370. The molecule has 4 rings (SSSR count). The fourth-order valence-electron chi connectivity index (χ4n) is 4.74. The number of rotatable bonds is 8. The van der Waals surface area contributed by atoms with Crippen molar-refractivity contribution in [1.29, 1.82) is 0 Å². The monoisotopic (exact) mass is 461 g/mol. The minimum atomic E-state index is -0.743. The third-order valence-corrected chi connectivity index (χ3v) is 6.49. The van der Waals surface area contributed by atoms with E-state index in [4.69, 9.17) is 9.94 Å². The first-order valence-electron chi connectivity index (χ1n) is 11.9. The SMILES string of the molecule is Cc1cc(CCOc2ccc(C(=O)NC(C(=O)NO)C3CCCCC3)cc2)c2ccccc2n1. The van der Waals surface area contributed by atoms with Crippen LogP contribution in [0.2, 0.25) is 0 Å². The molecule has 0 saturated heterocycles. The maximum Gasteiger partial charge on any atom is 0.266 e. The molecule has 7 nitrogen and oxygen atoms in total. The van der Waals surface area contributed by atoms with Crippen molar-refractivity contribution in [3.63, 3.8) is 0 Å². The second kappa shape index (κ2) is 11.1. The average Bonchev–Trinajstić information content (AvgIpc) is 2.87. The van der Waals surface area contributed by atoms with Crippen LogP contribution in [0.4, 0.5) is 0 Å². The molecular weight excluding hydrogens is 430 g/mol. The third-order valence-electron chi connectivity index (χ3n) is 6.49. The topological polar surface area (TPSA) is 101 Å². The summed E-state index contributed by atoms with van der Waals surface area (Å²) in [5.41, 5.74) is 5.29. The molecule has 2 amide bonds. The molecule has 0 radical (unpaired) electrons. The second-order valence-electron chi connectivity index (χ2n) is 8.89. The van der Waals surface area contributed by atoms with Gasteiger partial charge in [0.2, 0.25) is 0 Å². The molecule has 3 N–H and O–H groups in total. The summed E-state index contributed by atoms with van der Waals surface area (Å²) in [7, 11) is 0. The van der Waals surface area contributed by atoms with E-state index >= 15 is 0 Å². The van der Waals surface area contributed by atoms with Gasteiger partial charge in [0.25, 0.3) is 11.8 Å². The molecular formula is C27H31N3O4. The zero-order valence-corrected chi connectivity index (χ0v) is 19.4. The molecule has 1 aliphatic carbocycles. The maximum absolute atomic E-state index is 12.8. The number of para-hydroxylation sites is 1. The number of aromatic nitrogens is 1. The van der Waals surface area contributed by atoms with Gasteiger partial charge in [-0.05, 0) is 67.6 Å². The van der Waals surface area contributed by atoms with E-state index in [-0.39, 0.29) is 11.8 Å². The number of amides is 2. The van der Waals surface area contributed by atoms with Gasteiger partial charge in [-0.25, -0.2) is 5.48 Å². The Kier molecular flexibility index (Phi) is 7.75. The largest absolute Gasteiger partial charge is 0.493 e. The average molecular weight is 462 g/mol. The number of nitrogens with one attached hydrogen (secondary N) is 2. The van der Waals surface area contributed by atoms with Crippen molar-refractivity contribution in [1.82, 2.24) is 15.8 Å². The number of aryl methyl sites for hydroxylation is 1. The standard InChI is InChI=1S/C27H31N3O4/c1-18-17-21(23-9-5-6-10-24(23)28-18)15-16-34-22-13-11-20(12-14-22)26(31)29-25(27(32)30-33)19-7-3-2-4-8-19/h5-6,9-14,17,19,25,33H,2-4,7-8,15-16H2,1H3,(H,29,31)(H,30,32). The molecule has 0 aliphatic heterocycles. The lowest BCUT2D eigenvalue weighted by atomic mass is 9.83. The van der Waals surface area contributed by atoms with E-state index in [0.29, 0.717) is 17.9 Å². The van der Waals surface area contributed by atoms with Crippen LogP contribution < -0.4 is 15.5 Å². The van der Waals surface area contributed by atoms with E-state index in [1.165, 1.54) is 5.56 Å². The minimum absolute atomic E-state index is 0.0281. The van der Waals surface area contributed by atoms with Crippen molar-refractivity contribution < 1.29 is 19.5 Å². The van der Waals surface area contributed by atoms with Crippen LogP contribution in [0.15, 0.2) is 54.6 Å². The van der Waals surface area contributed by atoms with Crippen molar-refractivity contribution in [2.75, 3.05) is 6.61 Å². The van der Waals surface area contributed by atoms with Gasteiger partial charge in [0.1, 0.15) is 11.8 Å². The molecule has 34 heavy (non-hydrogen) atoms. The molecule has 1 saturated carbocycles. The number of hydrogen-bond acceptors (Lipinski definition) is 5. The maximum atomic E-state index is 12.8. The van der Waals surface area contributed by atoms with Crippen LogP contribution in [0.1, 0.15) is 53.7 Å². The van der Waals surface area contributed by atoms with E-state index in [9.17, 15) is 9.59 Å². The predicted molar refractivity (Wildman–Crippen MR) is 130 cm³/mol. The highest BCUT2D eigenvalue weighted by molar-refractivity contribution is 5.97. The van der Waals surface area contributed by atoms with E-state index < -0.39 is 11.9 Å². The molecule has 1 fully saturated rings. The molecule has 1 unspecified atom stereocenters. The van der Waals surface area contributed by atoms with Crippen molar-refractivity contribution in [2.45, 2.75) is 51.5 Å². The van der Waals surface area contributed by atoms with Crippen molar-refractivity contribution >= 4 is 22.7 Å². The van der Waals surface area contributed by atoms with Crippen LogP contribution in [-0.4, -0.2) is 34.7 Å². The molecule has 178 valence electrons. The molecule has 2 aromatic carbocycles. The molecule has 1 atom stereocenters. The Morgan fingerprint density at radius 3 is 2.56 bits per heavy atom. The van der Waals surface area contributed by atoms with Gasteiger partial charge >= 0.3 is 0 Å². The lowest BCUT2D eigenvalue weighted by Gasteiger charge is -2.29. The Morgan fingerprint density at radius 1 is 1.09 bits per heavy atom. The first-order valence-corrected chi connectivity index (χ1v) is 11.9. The Morgan fingerprint density at radius 2 is 1.82 bits per heavy atom. The number of ether oxygens (including phenoxy) is 1. The van der Waals surface area contributed by atoms with E-state index in [1.54, 1.807) is 29.7 Å². The van der Waals surface area contributed by atoms with Gasteiger partial charge in [-0.3, -0.25) is 19.8 Å². The number of fused-ring (bicyclic) bond motifs is 1. The number of carbonyl (C=O) groups excluding carboxylic acids is 2. The lowest BCUT2D eigenvalue weighted by molar-refractivity contribution is -0.132. The summed E-state index contributed by atoms with van der Waals surface area (Å²) >= 11 is 0. The quantitative estimate of drug-likeness (QED) is 0.342. The van der Waals surface area contributed by atoms with E-state index in [2.05, 4.69) is 22.4 Å². The summed E-state index contributed by atoms with van der Waals surface area (Å²) in [6.45, 7) is 2.49. The highest BCUT2D eigenvalue weighted by atomic mass is 16.5. The summed E-state index contributed by atoms with van der Waals surface area (Å²) in [4.78, 5) is 29.5. The van der Waals surface area contributed by atoms with Gasteiger partial charge in [0, 0.05) is 23.1 Å². The normalized spacial score (nSPS) is 15.0. The minimum Gasteiger partial charge on any atom is -0.493 e. The smallest absolute Gasteiger partial charge is 0.266 e. The van der Waals surface area contributed by atoms with Crippen LogP contribution >= 0.6 is 0 Å². The highest BCUT2D eigenvalue weighted by Crippen LogP contribution is 2.27. The first-order chi connectivity index (χ1) is 16.5. The predicted octanol–water partition coefficient (Wildman–Crippen LogP) is 4.35. The molecule has 3 aromatic rings.